The molecule has 1 aliphatic rings. The Labute approximate surface area is 186 Å². The van der Waals surface area contributed by atoms with Crippen LogP contribution in [0.1, 0.15) is 35.4 Å². The number of urea groups is 1. The molecule has 0 radical (unpaired) electrons. The number of fused-ring (bicyclic) bond motifs is 1. The average Bonchev–Trinajstić information content (AvgIpc) is 3.22. The van der Waals surface area contributed by atoms with Crippen molar-refractivity contribution >= 4 is 34.9 Å². The van der Waals surface area contributed by atoms with Crippen LogP contribution in [0.2, 0.25) is 5.02 Å². The summed E-state index contributed by atoms with van der Waals surface area (Å²) in [4.78, 5) is 30.6. The summed E-state index contributed by atoms with van der Waals surface area (Å²) in [6.07, 6.45) is 1.50. The number of nitrogens with one attached hydrogen (secondary N) is 1. The van der Waals surface area contributed by atoms with Gasteiger partial charge in [-0.15, -0.1) is 11.3 Å². The maximum atomic E-state index is 13.4. The van der Waals surface area contributed by atoms with Crippen molar-refractivity contribution in [1.82, 2.24) is 15.1 Å². The smallest absolute Gasteiger partial charge is 0.317 e. The molecule has 6 nitrogen and oxygen atoms in total. The van der Waals surface area contributed by atoms with E-state index in [1.165, 1.54) is 4.88 Å². The summed E-state index contributed by atoms with van der Waals surface area (Å²) in [7, 11) is 1.63. The first kappa shape index (κ1) is 22.6. The Morgan fingerprint density at radius 2 is 2.07 bits per heavy atom. The maximum absolute atomic E-state index is 13.4. The van der Waals surface area contributed by atoms with E-state index in [1.807, 2.05) is 36.1 Å². The third-order valence-electron chi connectivity index (χ3n) is 5.19. The van der Waals surface area contributed by atoms with Crippen LogP contribution in [-0.4, -0.2) is 61.6 Å². The summed E-state index contributed by atoms with van der Waals surface area (Å²) in [5, 5.41) is 5.55. The van der Waals surface area contributed by atoms with Crippen LogP contribution in [0.3, 0.4) is 0 Å². The van der Waals surface area contributed by atoms with Crippen LogP contribution in [0.25, 0.3) is 0 Å². The predicted molar refractivity (Wildman–Crippen MR) is 120 cm³/mol. The first-order valence-corrected chi connectivity index (χ1v) is 11.4. The zero-order chi connectivity index (χ0) is 21.5. The highest BCUT2D eigenvalue weighted by atomic mass is 35.5. The normalized spacial score (nSPS) is 15.6. The molecule has 30 heavy (non-hydrogen) atoms. The van der Waals surface area contributed by atoms with Crippen LogP contribution in [0.5, 0.6) is 0 Å². The Bertz CT molecular complexity index is 856. The van der Waals surface area contributed by atoms with Gasteiger partial charge >= 0.3 is 6.03 Å². The molecule has 162 valence electrons. The summed E-state index contributed by atoms with van der Waals surface area (Å²) < 4.78 is 5.10. The van der Waals surface area contributed by atoms with Gasteiger partial charge in [0.15, 0.2) is 0 Å². The third-order valence-corrected chi connectivity index (χ3v) is 6.44. The lowest BCUT2D eigenvalue weighted by molar-refractivity contribution is -0.134. The molecular formula is C22H28ClN3O3S. The molecule has 0 spiro atoms. The average molecular weight is 450 g/mol. The van der Waals surface area contributed by atoms with E-state index in [0.717, 1.165) is 17.5 Å². The van der Waals surface area contributed by atoms with E-state index in [9.17, 15) is 9.59 Å². The molecule has 2 heterocycles. The second-order valence-electron chi connectivity index (χ2n) is 7.19. The van der Waals surface area contributed by atoms with Crippen molar-refractivity contribution in [2.45, 2.75) is 25.8 Å². The predicted octanol–water partition coefficient (Wildman–Crippen LogP) is 3.94. The van der Waals surface area contributed by atoms with Gasteiger partial charge in [0.2, 0.25) is 5.91 Å². The molecule has 0 fully saturated rings. The fourth-order valence-electron chi connectivity index (χ4n) is 3.76. The zero-order valence-electron chi connectivity index (χ0n) is 17.4. The van der Waals surface area contributed by atoms with Crippen LogP contribution in [0.15, 0.2) is 35.7 Å². The zero-order valence-corrected chi connectivity index (χ0v) is 19.0. The topological polar surface area (TPSA) is 61.9 Å². The third kappa shape index (κ3) is 5.33. The maximum Gasteiger partial charge on any atom is 0.317 e. The number of thiophene rings is 1. The molecule has 1 aromatic carbocycles. The van der Waals surface area contributed by atoms with Crippen molar-refractivity contribution in [1.29, 1.82) is 0 Å². The van der Waals surface area contributed by atoms with E-state index in [0.29, 0.717) is 37.7 Å². The standard InChI is InChI=1S/C22H28ClN3O3S/c1-3-24-22(28)25(11-4-13-29-2)15-20(27)26-12-9-19-18(10-14-30-19)21(26)16-5-7-17(23)8-6-16/h5-8,10,14,21H,3-4,9,11-13,15H2,1-2H3,(H,24,28). The summed E-state index contributed by atoms with van der Waals surface area (Å²) in [5.74, 6) is -0.0598. The number of carbonyl (C=O) groups excluding carboxylic acids is 2. The molecule has 0 bridgehead atoms. The summed E-state index contributed by atoms with van der Waals surface area (Å²) in [5.41, 5.74) is 2.18. The highest BCUT2D eigenvalue weighted by Gasteiger charge is 2.33. The number of rotatable bonds is 8. The molecule has 8 heteroatoms. The first-order valence-electron chi connectivity index (χ1n) is 10.2. The highest BCUT2D eigenvalue weighted by molar-refractivity contribution is 7.10. The lowest BCUT2D eigenvalue weighted by Gasteiger charge is -2.37. The fraction of sp³-hybridized carbons (Fsp3) is 0.455. The van der Waals surface area contributed by atoms with E-state index in [4.69, 9.17) is 16.3 Å². The lowest BCUT2D eigenvalue weighted by Crippen LogP contribution is -2.49. The molecule has 0 saturated heterocycles. The Balaban J connectivity index is 1.82. The number of hydrogen-bond acceptors (Lipinski definition) is 4. The molecule has 2 aromatic rings. The van der Waals surface area contributed by atoms with Crippen LogP contribution >= 0.6 is 22.9 Å². The Morgan fingerprint density at radius 3 is 2.77 bits per heavy atom. The number of halogens is 1. The van der Waals surface area contributed by atoms with E-state index in [1.54, 1.807) is 23.3 Å². The van der Waals surface area contributed by atoms with Gasteiger partial charge in [-0.3, -0.25) is 4.79 Å². The van der Waals surface area contributed by atoms with Crippen molar-refractivity contribution in [2.24, 2.45) is 0 Å². The van der Waals surface area contributed by atoms with Crippen LogP contribution in [-0.2, 0) is 16.0 Å². The number of benzene rings is 1. The summed E-state index contributed by atoms with van der Waals surface area (Å²) >= 11 is 7.81. The molecular weight excluding hydrogens is 422 g/mol. The number of ether oxygens (including phenoxy) is 1. The van der Waals surface area contributed by atoms with E-state index in [2.05, 4.69) is 16.8 Å². The van der Waals surface area contributed by atoms with Gasteiger partial charge in [-0.1, -0.05) is 23.7 Å². The number of carbonyl (C=O) groups is 2. The number of methoxy groups -OCH3 is 1. The highest BCUT2D eigenvalue weighted by Crippen LogP contribution is 2.38. The minimum atomic E-state index is -0.224. The number of amides is 3. The second-order valence-corrected chi connectivity index (χ2v) is 8.63. The first-order chi connectivity index (χ1) is 14.5. The van der Waals surface area contributed by atoms with Gasteiger partial charge in [0, 0.05) is 43.3 Å². The van der Waals surface area contributed by atoms with Crippen molar-refractivity contribution in [3.05, 3.63) is 56.7 Å². The van der Waals surface area contributed by atoms with E-state index >= 15 is 0 Å². The van der Waals surface area contributed by atoms with Crippen molar-refractivity contribution < 1.29 is 14.3 Å². The largest absolute Gasteiger partial charge is 0.385 e. The summed E-state index contributed by atoms with van der Waals surface area (Å²) in [6, 6.07) is 9.36. The number of nitrogens with zero attached hydrogens (tertiary/aromatic N) is 2. The summed E-state index contributed by atoms with van der Waals surface area (Å²) in [6.45, 7) is 4.06. The molecule has 1 aliphatic heterocycles. The minimum Gasteiger partial charge on any atom is -0.385 e. The van der Waals surface area contributed by atoms with Crippen LogP contribution in [0, 0.1) is 0 Å². The van der Waals surface area contributed by atoms with Crippen LogP contribution in [0.4, 0.5) is 4.79 Å². The van der Waals surface area contributed by atoms with E-state index < -0.39 is 0 Å². The second kappa shape index (κ2) is 10.8. The molecule has 1 N–H and O–H groups in total. The van der Waals surface area contributed by atoms with Gasteiger partial charge in [-0.25, -0.2) is 4.79 Å². The van der Waals surface area contributed by atoms with Gasteiger partial charge in [0.25, 0.3) is 0 Å². The molecule has 0 saturated carbocycles. The van der Waals surface area contributed by atoms with Crippen LogP contribution < -0.4 is 5.32 Å². The Kier molecular flexibility index (Phi) is 8.13. The molecule has 1 atom stereocenters. The van der Waals surface area contributed by atoms with Crippen molar-refractivity contribution in [3.8, 4) is 0 Å². The SMILES string of the molecule is CCNC(=O)N(CCCOC)CC(=O)N1CCc2sccc2C1c1ccc(Cl)cc1. The monoisotopic (exact) mass is 449 g/mol. The quantitative estimate of drug-likeness (QED) is 0.621. The van der Waals surface area contributed by atoms with Gasteiger partial charge in [0.05, 0.1) is 6.04 Å². The van der Waals surface area contributed by atoms with Crippen molar-refractivity contribution in [2.75, 3.05) is 39.9 Å². The molecule has 1 unspecified atom stereocenters. The van der Waals surface area contributed by atoms with Gasteiger partial charge < -0.3 is 19.9 Å². The molecule has 1 aromatic heterocycles. The van der Waals surface area contributed by atoms with Gasteiger partial charge in [0.1, 0.15) is 6.54 Å². The lowest BCUT2D eigenvalue weighted by atomic mass is 9.93. The molecule has 3 amide bonds. The Hall–Kier alpha value is -2.09. The minimum absolute atomic E-state index is 0.0408. The van der Waals surface area contributed by atoms with Gasteiger partial charge in [-0.2, -0.15) is 0 Å². The Morgan fingerprint density at radius 1 is 1.30 bits per heavy atom. The van der Waals surface area contributed by atoms with Gasteiger partial charge in [-0.05, 0) is 54.5 Å². The van der Waals surface area contributed by atoms with Crippen molar-refractivity contribution in [3.63, 3.8) is 0 Å². The number of hydrogen-bond donors (Lipinski definition) is 1. The van der Waals surface area contributed by atoms with E-state index in [-0.39, 0.29) is 24.5 Å². The molecule has 0 aliphatic carbocycles. The fourth-order valence-corrected chi connectivity index (χ4v) is 4.79. The molecule has 3 rings (SSSR count).